The molecule has 0 amide bonds. The second-order valence-electron chi connectivity index (χ2n) is 6.41. The van der Waals surface area contributed by atoms with Crippen molar-refractivity contribution in [2.75, 3.05) is 13.2 Å². The second kappa shape index (κ2) is 6.72. The third kappa shape index (κ3) is 3.44. The molecule has 130 valence electrons. The minimum Gasteiger partial charge on any atom is -0.491 e. The summed E-state index contributed by atoms with van der Waals surface area (Å²) in [6, 6.07) is 7.91. The minimum atomic E-state index is -0.0568. The fourth-order valence-electron chi connectivity index (χ4n) is 2.96. The zero-order valence-electron chi connectivity index (χ0n) is 14.4. The van der Waals surface area contributed by atoms with Crippen LogP contribution in [0.5, 0.6) is 11.5 Å². The van der Waals surface area contributed by atoms with Crippen LogP contribution in [0.2, 0.25) is 0 Å². The first kappa shape index (κ1) is 15.9. The van der Waals surface area contributed by atoms with Gasteiger partial charge in [-0.3, -0.25) is 10.1 Å². The minimum absolute atomic E-state index is 0.0568. The van der Waals surface area contributed by atoms with Crippen molar-refractivity contribution in [3.8, 4) is 22.8 Å². The quantitative estimate of drug-likeness (QED) is 0.678. The van der Waals surface area contributed by atoms with Gasteiger partial charge in [-0.05, 0) is 38.1 Å². The van der Waals surface area contributed by atoms with Gasteiger partial charge in [0.25, 0.3) is 0 Å². The topological polar surface area (TPSA) is 69.3 Å². The van der Waals surface area contributed by atoms with Crippen molar-refractivity contribution in [3.63, 3.8) is 0 Å². The molecule has 0 saturated carbocycles. The Bertz CT molecular complexity index is 877. The first-order chi connectivity index (χ1) is 12.2. The normalized spacial score (nSPS) is 21.2. The van der Waals surface area contributed by atoms with E-state index >= 15 is 0 Å². The molecular weight excluding hydrogens is 318 g/mol. The van der Waals surface area contributed by atoms with Crippen molar-refractivity contribution in [1.82, 2.24) is 15.2 Å². The van der Waals surface area contributed by atoms with Crippen molar-refractivity contribution in [3.05, 3.63) is 36.7 Å². The fraction of sp³-hybridized carbons (Fsp3) is 0.368. The van der Waals surface area contributed by atoms with E-state index in [2.05, 4.69) is 22.1 Å². The molecule has 0 aliphatic carbocycles. The molecule has 0 unspecified atom stereocenters. The number of hydrogen-bond donors (Lipinski definition) is 1. The van der Waals surface area contributed by atoms with Crippen LogP contribution in [-0.2, 0) is 4.74 Å². The summed E-state index contributed by atoms with van der Waals surface area (Å²) in [7, 11) is 0. The van der Waals surface area contributed by atoms with E-state index in [9.17, 15) is 0 Å². The molecule has 3 heterocycles. The Kier molecular flexibility index (Phi) is 4.28. The molecule has 0 saturated heterocycles. The van der Waals surface area contributed by atoms with Gasteiger partial charge in [-0.2, -0.15) is 5.10 Å². The van der Waals surface area contributed by atoms with Gasteiger partial charge in [-0.25, -0.2) is 0 Å². The zero-order valence-corrected chi connectivity index (χ0v) is 14.4. The summed E-state index contributed by atoms with van der Waals surface area (Å²) >= 11 is 0. The van der Waals surface area contributed by atoms with Crippen LogP contribution in [0.15, 0.2) is 36.7 Å². The summed E-state index contributed by atoms with van der Waals surface area (Å²) < 4.78 is 17.7. The lowest BCUT2D eigenvalue weighted by Crippen LogP contribution is -2.21. The van der Waals surface area contributed by atoms with Crippen LogP contribution in [0.25, 0.3) is 22.2 Å². The summed E-state index contributed by atoms with van der Waals surface area (Å²) in [4.78, 5) is 4.30. The van der Waals surface area contributed by atoms with Gasteiger partial charge in [0, 0.05) is 23.6 Å². The molecule has 1 aliphatic heterocycles. The van der Waals surface area contributed by atoms with Crippen LogP contribution in [0, 0.1) is 0 Å². The van der Waals surface area contributed by atoms with Crippen molar-refractivity contribution >= 4 is 10.9 Å². The molecule has 6 heteroatoms. The van der Waals surface area contributed by atoms with E-state index in [4.69, 9.17) is 14.2 Å². The Labute approximate surface area is 146 Å². The van der Waals surface area contributed by atoms with Gasteiger partial charge in [0.15, 0.2) is 0 Å². The Morgan fingerprint density at radius 3 is 2.84 bits per heavy atom. The van der Waals surface area contributed by atoms with E-state index in [0.717, 1.165) is 34.3 Å². The summed E-state index contributed by atoms with van der Waals surface area (Å²) in [6.07, 6.45) is 4.33. The third-order valence-corrected chi connectivity index (χ3v) is 4.22. The average Bonchev–Trinajstić information content (AvgIpc) is 3.01. The Hall–Kier alpha value is -2.60. The molecule has 0 radical (unpaired) electrons. The van der Waals surface area contributed by atoms with Gasteiger partial charge < -0.3 is 14.2 Å². The SMILES string of the molecule is C[C@@H]1COCC[C@H](C)Oc2ccc3[nH]nc(c3c2)-c2cncc(c2)O1. The van der Waals surface area contributed by atoms with E-state index in [0.29, 0.717) is 19.0 Å². The highest BCUT2D eigenvalue weighted by atomic mass is 16.5. The number of H-pyrrole nitrogens is 1. The molecule has 1 aliphatic rings. The smallest absolute Gasteiger partial charge is 0.138 e. The summed E-state index contributed by atoms with van der Waals surface area (Å²) in [5.74, 6) is 1.53. The largest absolute Gasteiger partial charge is 0.491 e. The van der Waals surface area contributed by atoms with Gasteiger partial charge >= 0.3 is 0 Å². The van der Waals surface area contributed by atoms with Crippen LogP contribution in [-0.4, -0.2) is 40.6 Å². The number of pyridine rings is 1. The Morgan fingerprint density at radius 1 is 1.04 bits per heavy atom. The lowest BCUT2D eigenvalue weighted by molar-refractivity contribution is 0.0440. The van der Waals surface area contributed by atoms with Gasteiger partial charge in [0.2, 0.25) is 0 Å². The first-order valence-corrected chi connectivity index (χ1v) is 8.53. The fourth-order valence-corrected chi connectivity index (χ4v) is 2.96. The number of ether oxygens (including phenoxy) is 3. The number of hydrogen-bond acceptors (Lipinski definition) is 5. The number of fused-ring (bicyclic) bond motifs is 4. The first-order valence-electron chi connectivity index (χ1n) is 8.53. The maximum absolute atomic E-state index is 6.03. The van der Waals surface area contributed by atoms with Crippen LogP contribution in [0.3, 0.4) is 0 Å². The number of nitrogens with zero attached hydrogens (tertiary/aromatic N) is 2. The van der Waals surface area contributed by atoms with Gasteiger partial charge in [-0.1, -0.05) is 0 Å². The number of rotatable bonds is 0. The summed E-state index contributed by atoms with van der Waals surface area (Å²) in [5, 5.41) is 8.53. The van der Waals surface area contributed by atoms with Crippen molar-refractivity contribution in [2.45, 2.75) is 32.5 Å². The predicted octanol–water partition coefficient (Wildman–Crippen LogP) is 3.58. The van der Waals surface area contributed by atoms with Crippen molar-refractivity contribution in [2.24, 2.45) is 0 Å². The van der Waals surface area contributed by atoms with E-state index in [1.54, 1.807) is 12.4 Å². The molecule has 1 N–H and O–H groups in total. The number of benzene rings is 1. The van der Waals surface area contributed by atoms with Crippen LogP contribution in [0.1, 0.15) is 20.3 Å². The lowest BCUT2D eigenvalue weighted by atomic mass is 10.1. The molecule has 3 aromatic rings. The van der Waals surface area contributed by atoms with E-state index in [1.807, 2.05) is 31.2 Å². The van der Waals surface area contributed by atoms with Crippen LogP contribution in [0.4, 0.5) is 0 Å². The molecule has 4 rings (SSSR count). The molecule has 2 aromatic heterocycles. The number of aromatic amines is 1. The summed E-state index contributed by atoms with van der Waals surface area (Å²) in [5.41, 5.74) is 2.70. The second-order valence-corrected chi connectivity index (χ2v) is 6.41. The van der Waals surface area contributed by atoms with Crippen molar-refractivity contribution in [1.29, 1.82) is 0 Å². The summed E-state index contributed by atoms with van der Waals surface area (Å²) in [6.45, 7) is 5.19. The van der Waals surface area contributed by atoms with Gasteiger partial charge in [0.05, 0.1) is 31.0 Å². The Balaban J connectivity index is 1.79. The molecule has 0 spiro atoms. The van der Waals surface area contributed by atoms with Gasteiger partial charge in [0.1, 0.15) is 23.3 Å². The van der Waals surface area contributed by atoms with Crippen LogP contribution >= 0.6 is 0 Å². The molecule has 1 aromatic carbocycles. The third-order valence-electron chi connectivity index (χ3n) is 4.22. The standard InChI is InChI=1S/C19H21N3O3/c1-12-5-6-23-11-13(2)25-16-7-14(9-20-10-16)19-17-8-15(24-12)3-4-18(17)21-22-19/h3-4,7-10,12-13H,5-6,11H2,1-2H3,(H,21,22)/t12-,13+/m0/s1. The molecule has 25 heavy (non-hydrogen) atoms. The highest BCUT2D eigenvalue weighted by molar-refractivity contribution is 5.93. The number of nitrogens with one attached hydrogen (secondary N) is 1. The van der Waals surface area contributed by atoms with E-state index < -0.39 is 0 Å². The highest BCUT2D eigenvalue weighted by Gasteiger charge is 2.14. The monoisotopic (exact) mass is 339 g/mol. The zero-order chi connectivity index (χ0) is 17.2. The lowest BCUT2D eigenvalue weighted by Gasteiger charge is -2.17. The van der Waals surface area contributed by atoms with Gasteiger partial charge in [-0.15, -0.1) is 0 Å². The molecular formula is C19H21N3O3. The maximum Gasteiger partial charge on any atom is 0.138 e. The number of aromatic nitrogens is 3. The highest BCUT2D eigenvalue weighted by Crippen LogP contribution is 2.31. The van der Waals surface area contributed by atoms with Crippen molar-refractivity contribution < 1.29 is 14.2 Å². The van der Waals surface area contributed by atoms with E-state index in [1.165, 1.54) is 0 Å². The maximum atomic E-state index is 6.03. The van der Waals surface area contributed by atoms with E-state index in [-0.39, 0.29) is 12.2 Å². The van der Waals surface area contributed by atoms with Crippen LogP contribution < -0.4 is 9.47 Å². The molecule has 4 bridgehead atoms. The Morgan fingerprint density at radius 2 is 1.92 bits per heavy atom. The predicted molar refractivity (Wildman–Crippen MR) is 94.9 cm³/mol. The average molecular weight is 339 g/mol. The molecule has 6 nitrogen and oxygen atoms in total. The molecule has 2 atom stereocenters. The molecule has 0 fully saturated rings.